The van der Waals surface area contributed by atoms with Crippen LogP contribution in [0.5, 0.6) is 0 Å². The summed E-state index contributed by atoms with van der Waals surface area (Å²) in [7, 11) is 0. The second-order valence-corrected chi connectivity index (χ2v) is 8.93. The molecule has 1 amide bonds. The Morgan fingerprint density at radius 1 is 1.03 bits per heavy atom. The Labute approximate surface area is 208 Å². The number of benzene rings is 3. The number of halogens is 2. The topological polar surface area (TPSA) is 55.2 Å². The van der Waals surface area contributed by atoms with Crippen LogP contribution in [-0.4, -0.2) is 26.9 Å². The van der Waals surface area contributed by atoms with E-state index in [2.05, 4.69) is 6.92 Å². The zero-order chi connectivity index (χ0) is 24.9. The van der Waals surface area contributed by atoms with Crippen LogP contribution < -0.4 is 5.56 Å². The van der Waals surface area contributed by atoms with Gasteiger partial charge in [0.2, 0.25) is 0 Å². The van der Waals surface area contributed by atoms with Crippen LogP contribution in [0.3, 0.4) is 0 Å². The first-order valence-electron chi connectivity index (χ1n) is 11.7. The Kier molecular flexibility index (Phi) is 7.61. The molecule has 1 atom stereocenters. The van der Waals surface area contributed by atoms with Crippen LogP contribution in [0.25, 0.3) is 16.6 Å². The van der Waals surface area contributed by atoms with E-state index in [1.807, 2.05) is 13.0 Å². The van der Waals surface area contributed by atoms with Gasteiger partial charge in [-0.3, -0.25) is 14.2 Å². The van der Waals surface area contributed by atoms with E-state index in [0.717, 1.165) is 19.3 Å². The van der Waals surface area contributed by atoms with Crippen LogP contribution in [0.4, 0.5) is 4.39 Å². The number of hydrogen-bond donors (Lipinski definition) is 0. The summed E-state index contributed by atoms with van der Waals surface area (Å²) in [6, 6.07) is 19.1. The number of rotatable bonds is 8. The molecule has 5 nitrogen and oxygen atoms in total. The first-order chi connectivity index (χ1) is 16.9. The molecule has 0 spiro atoms. The normalized spacial score (nSPS) is 12.0. The zero-order valence-electron chi connectivity index (χ0n) is 19.7. The predicted octanol–water partition coefficient (Wildman–Crippen LogP) is 6.57. The van der Waals surface area contributed by atoms with Crippen molar-refractivity contribution in [3.8, 4) is 5.69 Å². The summed E-state index contributed by atoms with van der Waals surface area (Å²) in [6.45, 7) is 4.45. The standard InChI is InChI=1S/C28H27ClFN3O2/c1-3-4-7-18-32(27(34)20-10-14-22(30)15-11-20)19(2)26-31-25-9-6-5-8-24(25)28(35)33(26)23-16-12-21(29)13-17-23/h5-6,8-17,19H,3-4,7,18H2,1-2H3. The maximum Gasteiger partial charge on any atom is 0.266 e. The summed E-state index contributed by atoms with van der Waals surface area (Å²) in [5.74, 6) is -0.193. The lowest BCUT2D eigenvalue weighted by Crippen LogP contribution is -2.38. The van der Waals surface area contributed by atoms with Gasteiger partial charge < -0.3 is 4.90 Å². The first-order valence-corrected chi connectivity index (χ1v) is 12.1. The van der Waals surface area contributed by atoms with Crippen LogP contribution in [0, 0.1) is 5.82 Å². The molecule has 0 radical (unpaired) electrons. The lowest BCUT2D eigenvalue weighted by atomic mass is 10.1. The molecule has 0 saturated heterocycles. The summed E-state index contributed by atoms with van der Waals surface area (Å²) < 4.78 is 15.1. The van der Waals surface area contributed by atoms with Crippen molar-refractivity contribution in [1.82, 2.24) is 14.5 Å². The summed E-state index contributed by atoms with van der Waals surface area (Å²) in [4.78, 5) is 33.8. The monoisotopic (exact) mass is 491 g/mol. The minimum Gasteiger partial charge on any atom is -0.329 e. The average Bonchev–Trinajstić information content (AvgIpc) is 2.87. The second-order valence-electron chi connectivity index (χ2n) is 8.49. The average molecular weight is 492 g/mol. The number of unbranched alkanes of at least 4 members (excludes halogenated alkanes) is 2. The van der Waals surface area contributed by atoms with Crippen molar-refractivity contribution >= 4 is 28.4 Å². The van der Waals surface area contributed by atoms with E-state index in [4.69, 9.17) is 16.6 Å². The first kappa shape index (κ1) is 24.6. The second kappa shape index (κ2) is 10.8. The highest BCUT2D eigenvalue weighted by Gasteiger charge is 2.27. The Morgan fingerprint density at radius 2 is 1.71 bits per heavy atom. The lowest BCUT2D eigenvalue weighted by Gasteiger charge is -2.31. The number of nitrogens with zero attached hydrogens (tertiary/aromatic N) is 3. The molecule has 0 aliphatic heterocycles. The molecule has 1 unspecified atom stereocenters. The molecule has 180 valence electrons. The van der Waals surface area contributed by atoms with E-state index >= 15 is 0 Å². The maximum atomic E-state index is 13.6. The molecule has 0 N–H and O–H groups in total. The number of hydrogen-bond acceptors (Lipinski definition) is 3. The SMILES string of the molecule is CCCCCN(C(=O)c1ccc(F)cc1)C(C)c1nc2ccccc2c(=O)n1-c1ccc(Cl)cc1. The highest BCUT2D eigenvalue weighted by molar-refractivity contribution is 6.30. The fourth-order valence-corrected chi connectivity index (χ4v) is 4.30. The molecule has 4 aromatic rings. The zero-order valence-corrected chi connectivity index (χ0v) is 20.5. The molecule has 7 heteroatoms. The van der Waals surface area contributed by atoms with E-state index < -0.39 is 11.9 Å². The highest BCUT2D eigenvalue weighted by atomic mass is 35.5. The van der Waals surface area contributed by atoms with E-state index in [9.17, 15) is 14.0 Å². The van der Waals surface area contributed by atoms with E-state index in [-0.39, 0.29) is 11.5 Å². The molecule has 1 aromatic heterocycles. The van der Waals surface area contributed by atoms with Gasteiger partial charge in [0, 0.05) is 17.1 Å². The molecule has 0 fully saturated rings. The van der Waals surface area contributed by atoms with Crippen LogP contribution in [0.15, 0.2) is 77.6 Å². The Morgan fingerprint density at radius 3 is 2.40 bits per heavy atom. The fraction of sp³-hybridized carbons (Fsp3) is 0.250. The van der Waals surface area contributed by atoms with Crippen LogP contribution in [0.2, 0.25) is 5.02 Å². The predicted molar refractivity (Wildman–Crippen MR) is 138 cm³/mol. The van der Waals surface area contributed by atoms with Gasteiger partial charge in [-0.15, -0.1) is 0 Å². The van der Waals surface area contributed by atoms with Gasteiger partial charge >= 0.3 is 0 Å². The van der Waals surface area contributed by atoms with E-state index in [0.29, 0.717) is 39.5 Å². The van der Waals surface area contributed by atoms with Gasteiger partial charge in [-0.25, -0.2) is 9.37 Å². The molecular weight excluding hydrogens is 465 g/mol. The van der Waals surface area contributed by atoms with Crippen LogP contribution >= 0.6 is 11.6 Å². The summed E-state index contributed by atoms with van der Waals surface area (Å²) in [5.41, 5.74) is 1.34. The third-order valence-electron chi connectivity index (χ3n) is 6.08. The number of aromatic nitrogens is 2. The third-order valence-corrected chi connectivity index (χ3v) is 6.33. The Balaban J connectivity index is 1.87. The van der Waals surface area contributed by atoms with Crippen LogP contribution in [-0.2, 0) is 0 Å². The van der Waals surface area contributed by atoms with Crippen molar-refractivity contribution in [3.63, 3.8) is 0 Å². The minimum absolute atomic E-state index is 0.220. The van der Waals surface area contributed by atoms with Gasteiger partial charge in [-0.05, 0) is 74.0 Å². The summed E-state index contributed by atoms with van der Waals surface area (Å²) in [6.07, 6.45) is 2.75. The van der Waals surface area contributed by atoms with Gasteiger partial charge in [0.1, 0.15) is 11.6 Å². The molecule has 0 aliphatic carbocycles. The molecule has 0 saturated carbocycles. The number of carbonyl (C=O) groups excluding carboxylic acids is 1. The molecule has 3 aromatic carbocycles. The Bertz CT molecular complexity index is 1380. The molecular formula is C28H27ClFN3O2. The van der Waals surface area contributed by atoms with Gasteiger partial charge in [0.25, 0.3) is 11.5 Å². The maximum absolute atomic E-state index is 13.6. The van der Waals surface area contributed by atoms with E-state index in [1.165, 1.54) is 24.3 Å². The smallest absolute Gasteiger partial charge is 0.266 e. The van der Waals surface area contributed by atoms with Gasteiger partial charge in [-0.1, -0.05) is 43.5 Å². The van der Waals surface area contributed by atoms with Crippen molar-refractivity contribution in [3.05, 3.63) is 105 Å². The third kappa shape index (κ3) is 5.28. The number of fused-ring (bicyclic) bond motifs is 1. The van der Waals surface area contributed by atoms with Crippen LogP contribution in [0.1, 0.15) is 55.3 Å². The summed E-state index contributed by atoms with van der Waals surface area (Å²) in [5, 5.41) is 1.04. The number of para-hydroxylation sites is 1. The largest absolute Gasteiger partial charge is 0.329 e. The van der Waals surface area contributed by atoms with Crippen molar-refractivity contribution in [1.29, 1.82) is 0 Å². The van der Waals surface area contributed by atoms with E-state index in [1.54, 1.807) is 51.9 Å². The van der Waals surface area contributed by atoms with Gasteiger partial charge in [-0.2, -0.15) is 0 Å². The minimum atomic E-state index is -0.530. The molecule has 1 heterocycles. The number of carbonyl (C=O) groups is 1. The molecule has 4 rings (SSSR count). The molecule has 0 bridgehead atoms. The molecule has 35 heavy (non-hydrogen) atoms. The van der Waals surface area contributed by atoms with Crippen molar-refractivity contribution in [2.24, 2.45) is 0 Å². The number of amides is 1. The fourth-order valence-electron chi connectivity index (χ4n) is 4.17. The summed E-state index contributed by atoms with van der Waals surface area (Å²) >= 11 is 6.10. The molecule has 0 aliphatic rings. The van der Waals surface area contributed by atoms with Crippen molar-refractivity contribution in [2.75, 3.05) is 6.54 Å². The quantitative estimate of drug-likeness (QED) is 0.262. The van der Waals surface area contributed by atoms with Gasteiger partial charge in [0.05, 0.1) is 22.6 Å². The highest BCUT2D eigenvalue weighted by Crippen LogP contribution is 2.26. The Hall–Kier alpha value is -3.51. The van der Waals surface area contributed by atoms with Crippen molar-refractivity contribution < 1.29 is 9.18 Å². The van der Waals surface area contributed by atoms with Crippen molar-refractivity contribution in [2.45, 2.75) is 39.2 Å². The van der Waals surface area contributed by atoms with Gasteiger partial charge in [0.15, 0.2) is 0 Å². The lowest BCUT2D eigenvalue weighted by molar-refractivity contribution is 0.0677.